The van der Waals surface area contributed by atoms with Crippen molar-refractivity contribution in [2.45, 2.75) is 18.6 Å². The number of carbonyl (C=O) groups excluding carboxylic acids is 2. The Hall–Kier alpha value is -4.44. The number of benzene rings is 2. The third-order valence-electron chi connectivity index (χ3n) is 7.63. The van der Waals surface area contributed by atoms with Crippen molar-refractivity contribution in [2.24, 2.45) is 0 Å². The Kier molecular flexibility index (Phi) is 9.16. The third kappa shape index (κ3) is 6.96. The van der Waals surface area contributed by atoms with Gasteiger partial charge in [-0.3, -0.25) is 14.5 Å². The normalized spacial score (nSPS) is 19.2. The molecule has 2 saturated heterocycles. The maximum atomic E-state index is 15.3. The lowest BCUT2D eigenvalue weighted by Gasteiger charge is -2.34. The molecule has 2 aliphatic heterocycles. The summed E-state index contributed by atoms with van der Waals surface area (Å²) in [5, 5.41) is 2.55. The molecule has 16 heteroatoms. The van der Waals surface area contributed by atoms with Crippen molar-refractivity contribution in [3.05, 3.63) is 77.4 Å². The van der Waals surface area contributed by atoms with Crippen molar-refractivity contribution in [2.75, 3.05) is 55.9 Å². The minimum absolute atomic E-state index is 0.00866. The molecule has 11 nitrogen and oxygen atoms in total. The van der Waals surface area contributed by atoms with E-state index in [9.17, 15) is 26.8 Å². The summed E-state index contributed by atoms with van der Waals surface area (Å²) in [6.45, 7) is -2.12. The van der Waals surface area contributed by atoms with Crippen LogP contribution in [-0.4, -0.2) is 88.3 Å². The molecule has 3 aromatic rings. The molecule has 0 unspecified atom stereocenters. The predicted octanol–water partition coefficient (Wildman–Crippen LogP) is 2.98. The number of ether oxygens (including phenoxy) is 2. The molecule has 0 radical (unpaired) electrons. The molecule has 0 spiro atoms. The molecule has 5 rings (SSSR count). The highest BCUT2D eigenvalue weighted by Gasteiger charge is 2.45. The van der Waals surface area contributed by atoms with Gasteiger partial charge in [0, 0.05) is 61.9 Å². The van der Waals surface area contributed by atoms with Crippen LogP contribution in [0.15, 0.2) is 54.6 Å². The lowest BCUT2D eigenvalue weighted by molar-refractivity contribution is -0.118. The van der Waals surface area contributed by atoms with Gasteiger partial charge < -0.3 is 19.7 Å². The number of sulfonamides is 1. The van der Waals surface area contributed by atoms with Gasteiger partial charge in [-0.15, -0.1) is 0 Å². The van der Waals surface area contributed by atoms with Crippen LogP contribution in [0.25, 0.3) is 0 Å². The minimum Gasteiger partial charge on any atom is -0.497 e. The van der Waals surface area contributed by atoms with Gasteiger partial charge in [0.2, 0.25) is 10.0 Å². The molecule has 2 aliphatic rings. The monoisotopic (exact) mass is 651 g/mol. The van der Waals surface area contributed by atoms with Crippen molar-refractivity contribution < 1.29 is 45.0 Å². The van der Waals surface area contributed by atoms with Crippen molar-refractivity contribution in [1.29, 1.82) is 0 Å². The Morgan fingerprint density at radius 2 is 1.60 bits per heavy atom. The Morgan fingerprint density at radius 3 is 2.18 bits per heavy atom. The molecule has 2 atom stereocenters. The number of anilines is 2. The predicted molar refractivity (Wildman–Crippen MR) is 155 cm³/mol. The first-order chi connectivity index (χ1) is 21.3. The fourth-order valence-corrected chi connectivity index (χ4v) is 6.22. The zero-order chi connectivity index (χ0) is 32.5. The highest BCUT2D eigenvalue weighted by Crippen LogP contribution is 2.36. The van der Waals surface area contributed by atoms with Crippen molar-refractivity contribution in [3.8, 4) is 11.5 Å². The lowest BCUT2D eigenvalue weighted by Crippen LogP contribution is -2.48. The number of piperazine rings is 1. The van der Waals surface area contributed by atoms with Crippen LogP contribution < -0.4 is 24.6 Å². The van der Waals surface area contributed by atoms with Crippen LogP contribution in [-0.2, 0) is 14.8 Å². The van der Waals surface area contributed by atoms with E-state index in [0.29, 0.717) is 18.9 Å². The largest absolute Gasteiger partial charge is 0.497 e. The molecule has 3 heterocycles. The molecular formula is C29H29F4N5O6S. The maximum absolute atomic E-state index is 15.3. The van der Waals surface area contributed by atoms with Gasteiger partial charge in [-0.2, -0.15) is 13.1 Å². The molecule has 2 amide bonds. The Bertz CT molecular complexity index is 1660. The van der Waals surface area contributed by atoms with Crippen LogP contribution in [0.3, 0.4) is 0 Å². The van der Waals surface area contributed by atoms with Gasteiger partial charge in [0.15, 0.2) is 0 Å². The molecular weight excluding hydrogens is 622 g/mol. The number of aromatic nitrogens is 1. The summed E-state index contributed by atoms with van der Waals surface area (Å²) in [4.78, 5) is 34.7. The fraction of sp³-hybridized carbons (Fsp3) is 0.345. The molecule has 0 aliphatic carbocycles. The molecule has 45 heavy (non-hydrogen) atoms. The first-order valence-electron chi connectivity index (χ1n) is 13.7. The van der Waals surface area contributed by atoms with E-state index in [1.807, 2.05) is 4.90 Å². The van der Waals surface area contributed by atoms with Gasteiger partial charge in [0.05, 0.1) is 13.4 Å². The van der Waals surface area contributed by atoms with Crippen molar-refractivity contribution in [3.63, 3.8) is 0 Å². The number of halogens is 4. The topological polar surface area (TPSA) is 121 Å². The van der Waals surface area contributed by atoms with E-state index < -0.39 is 57.6 Å². The average molecular weight is 652 g/mol. The third-order valence-corrected chi connectivity index (χ3v) is 8.93. The van der Waals surface area contributed by atoms with Crippen LogP contribution in [0.1, 0.15) is 21.8 Å². The highest BCUT2D eigenvalue weighted by molar-refractivity contribution is 7.88. The number of methoxy groups -OCH3 is 1. The van der Waals surface area contributed by atoms with Crippen LogP contribution in [0.4, 0.5) is 29.2 Å². The van der Waals surface area contributed by atoms with Gasteiger partial charge in [-0.25, -0.2) is 22.2 Å². The van der Waals surface area contributed by atoms with E-state index in [0.717, 1.165) is 30.5 Å². The SMILES string of the molecule is COc1cc(F)c([C@@H]2CN(c3cccc(N4CCN(S(C)(=O)=O)CC4)n3)C(=O)[C@H]2NC(=O)c2ccc(OC(F)F)cc2)c(F)c1. The smallest absolute Gasteiger partial charge is 0.387 e. The number of carbonyl (C=O) groups is 2. The second-order valence-corrected chi connectivity index (χ2v) is 12.4. The van der Waals surface area contributed by atoms with E-state index in [1.165, 1.54) is 34.5 Å². The Balaban J connectivity index is 1.44. The van der Waals surface area contributed by atoms with E-state index in [4.69, 9.17) is 4.74 Å². The molecule has 1 aromatic heterocycles. The molecule has 0 bridgehead atoms. The summed E-state index contributed by atoms with van der Waals surface area (Å²) in [7, 11) is -2.11. The molecule has 1 N–H and O–H groups in total. The number of nitrogens with one attached hydrogen (secondary N) is 1. The Morgan fingerprint density at radius 1 is 0.978 bits per heavy atom. The van der Waals surface area contributed by atoms with Crippen LogP contribution >= 0.6 is 0 Å². The average Bonchev–Trinajstić information content (AvgIpc) is 3.31. The van der Waals surface area contributed by atoms with E-state index >= 15 is 8.78 Å². The van der Waals surface area contributed by atoms with Crippen LogP contribution in [0.2, 0.25) is 0 Å². The maximum Gasteiger partial charge on any atom is 0.387 e. The summed E-state index contributed by atoms with van der Waals surface area (Å²) in [6, 6.07) is 10.1. The number of nitrogens with zero attached hydrogens (tertiary/aromatic N) is 4. The molecule has 2 aromatic carbocycles. The highest BCUT2D eigenvalue weighted by atomic mass is 32.2. The minimum atomic E-state index is -3.35. The molecule has 2 fully saturated rings. The fourth-order valence-electron chi connectivity index (χ4n) is 5.39. The number of alkyl halides is 2. The number of hydrogen-bond acceptors (Lipinski definition) is 8. The van der Waals surface area contributed by atoms with Gasteiger partial charge in [-0.05, 0) is 36.4 Å². The van der Waals surface area contributed by atoms with Crippen molar-refractivity contribution >= 4 is 33.5 Å². The number of hydrogen-bond donors (Lipinski definition) is 1. The van der Waals surface area contributed by atoms with E-state index in [-0.39, 0.29) is 42.5 Å². The summed E-state index contributed by atoms with van der Waals surface area (Å²) in [5.74, 6) is -4.28. The van der Waals surface area contributed by atoms with Gasteiger partial charge in [-0.1, -0.05) is 6.07 Å². The number of rotatable bonds is 9. The summed E-state index contributed by atoms with van der Waals surface area (Å²) >= 11 is 0. The van der Waals surface area contributed by atoms with E-state index in [1.54, 1.807) is 12.1 Å². The van der Waals surface area contributed by atoms with Crippen molar-refractivity contribution in [1.82, 2.24) is 14.6 Å². The second-order valence-electron chi connectivity index (χ2n) is 10.4. The zero-order valence-corrected chi connectivity index (χ0v) is 24.9. The lowest BCUT2D eigenvalue weighted by atomic mass is 9.92. The Labute approximate surface area is 256 Å². The molecule has 240 valence electrons. The molecule has 0 saturated carbocycles. The van der Waals surface area contributed by atoms with Gasteiger partial charge >= 0.3 is 6.61 Å². The van der Waals surface area contributed by atoms with Crippen LogP contribution in [0, 0.1) is 11.6 Å². The van der Waals surface area contributed by atoms with Gasteiger partial charge in [0.1, 0.15) is 40.8 Å². The first kappa shape index (κ1) is 32.0. The number of pyridine rings is 1. The summed E-state index contributed by atoms with van der Waals surface area (Å²) < 4.78 is 90.1. The van der Waals surface area contributed by atoms with Gasteiger partial charge in [0.25, 0.3) is 11.8 Å². The number of amides is 2. The zero-order valence-electron chi connectivity index (χ0n) is 24.1. The quantitative estimate of drug-likeness (QED) is 0.351. The first-order valence-corrected chi connectivity index (χ1v) is 15.6. The standard InChI is InChI=1S/C29H29F4N5O6S/c1-43-19-14-21(30)25(22(31)15-19)20-16-38(24-5-3-4-23(34-24)36-10-12-37(13-11-36)45(2,41)42)28(40)26(20)35-27(39)17-6-8-18(9-7-17)44-29(32)33/h3-9,14-15,20,26,29H,10-13,16H2,1-2H3,(H,35,39)/t20-,26-/m0/s1. The summed E-state index contributed by atoms with van der Waals surface area (Å²) in [5.41, 5.74) is -0.448. The second kappa shape index (κ2) is 12.9. The van der Waals surface area contributed by atoms with E-state index in [2.05, 4.69) is 15.0 Å². The summed E-state index contributed by atoms with van der Waals surface area (Å²) in [6.07, 6.45) is 1.14. The van der Waals surface area contributed by atoms with Crippen LogP contribution in [0.5, 0.6) is 11.5 Å².